The van der Waals surface area contributed by atoms with Crippen LogP contribution in [0.1, 0.15) is 38.3 Å². The van der Waals surface area contributed by atoms with Gasteiger partial charge in [-0.15, -0.1) is 0 Å². The lowest BCUT2D eigenvalue weighted by atomic mass is 10.1. The lowest BCUT2D eigenvalue weighted by Crippen LogP contribution is -2.31. The Labute approximate surface area is 255 Å². The largest absolute Gasteiger partial charge is 0.489 e. The van der Waals surface area contributed by atoms with Gasteiger partial charge in [0.25, 0.3) is 5.91 Å². The van der Waals surface area contributed by atoms with Gasteiger partial charge in [0, 0.05) is 49.2 Å². The van der Waals surface area contributed by atoms with Crippen LogP contribution in [0.2, 0.25) is 0 Å². The zero-order valence-electron chi connectivity index (χ0n) is 24.1. The van der Waals surface area contributed by atoms with Crippen molar-refractivity contribution < 1.29 is 14.3 Å². The van der Waals surface area contributed by atoms with Crippen molar-refractivity contribution in [3.63, 3.8) is 0 Å². The van der Waals surface area contributed by atoms with Gasteiger partial charge in [0.15, 0.2) is 0 Å². The van der Waals surface area contributed by atoms with E-state index in [1.54, 1.807) is 6.20 Å². The molecule has 0 saturated carbocycles. The van der Waals surface area contributed by atoms with Crippen LogP contribution in [-0.4, -0.2) is 32.9 Å². The lowest BCUT2D eigenvalue weighted by Gasteiger charge is -2.14. The predicted molar refractivity (Wildman–Crippen MR) is 169 cm³/mol. The number of rotatable bonds is 7. The highest BCUT2D eigenvalue weighted by Gasteiger charge is 2.24. The van der Waals surface area contributed by atoms with Crippen molar-refractivity contribution in [1.29, 1.82) is 0 Å². The minimum atomic E-state index is -0.152. The third kappa shape index (κ3) is 6.45. The number of nitrogens with two attached hydrogens (primary N) is 1. The fourth-order valence-electron chi connectivity index (χ4n) is 5.13. The summed E-state index contributed by atoms with van der Waals surface area (Å²) in [5.41, 5.74) is 12.7. The fraction of sp³-hybridized carbons (Fsp3) is 0.143. The summed E-state index contributed by atoms with van der Waals surface area (Å²) >= 11 is 0. The second kappa shape index (κ2) is 12.5. The van der Waals surface area contributed by atoms with Crippen LogP contribution >= 0.6 is 0 Å². The molecule has 0 unspecified atom stereocenters. The van der Waals surface area contributed by atoms with Crippen molar-refractivity contribution in [3.8, 4) is 29.0 Å². The highest BCUT2D eigenvalue weighted by molar-refractivity contribution is 5.98. The first-order valence-corrected chi connectivity index (χ1v) is 14.2. The molecule has 4 N–H and O–H groups in total. The van der Waals surface area contributed by atoms with Crippen molar-refractivity contribution >= 4 is 23.5 Å². The Bertz CT molecular complexity index is 1920. The number of amides is 2. The molecule has 9 heteroatoms. The quantitative estimate of drug-likeness (QED) is 0.243. The number of carbonyl (C=O) groups is 2. The zero-order valence-corrected chi connectivity index (χ0v) is 24.1. The smallest absolute Gasteiger partial charge is 0.253 e. The van der Waals surface area contributed by atoms with Gasteiger partial charge in [-0.2, -0.15) is 0 Å². The van der Waals surface area contributed by atoms with Crippen molar-refractivity contribution in [2.24, 2.45) is 7.05 Å². The number of hydrogen-bond acceptors (Lipinski definition) is 6. The summed E-state index contributed by atoms with van der Waals surface area (Å²) in [6.45, 7) is 1.03. The van der Waals surface area contributed by atoms with Crippen LogP contribution in [0.25, 0.3) is 11.4 Å². The molecule has 5 aromatic rings. The minimum absolute atomic E-state index is 0.104. The molecule has 2 amide bonds. The van der Waals surface area contributed by atoms with Crippen LogP contribution in [0.5, 0.6) is 5.75 Å². The molecule has 0 radical (unpaired) electrons. The molecule has 44 heavy (non-hydrogen) atoms. The molecule has 0 atom stereocenters. The summed E-state index contributed by atoms with van der Waals surface area (Å²) in [5, 5.41) is 5.83. The summed E-state index contributed by atoms with van der Waals surface area (Å²) in [6, 6.07) is 26.6. The Morgan fingerprint density at radius 3 is 2.68 bits per heavy atom. The van der Waals surface area contributed by atoms with Crippen LogP contribution in [0.3, 0.4) is 0 Å². The number of fused-ring (bicyclic) bond motifs is 1. The van der Waals surface area contributed by atoms with Gasteiger partial charge in [-0.05, 0) is 41.5 Å². The number of aromatic nitrogens is 3. The van der Waals surface area contributed by atoms with E-state index in [9.17, 15) is 9.59 Å². The second-order valence-electron chi connectivity index (χ2n) is 10.4. The molecule has 218 valence electrons. The molecule has 3 aromatic carbocycles. The molecule has 0 saturated heterocycles. The maximum Gasteiger partial charge on any atom is 0.253 e. The number of nitrogen functional groups attached to an aromatic ring is 1. The summed E-state index contributed by atoms with van der Waals surface area (Å²) in [4.78, 5) is 33.9. The van der Waals surface area contributed by atoms with E-state index >= 15 is 0 Å². The number of nitrogens with zero attached hydrogens (tertiary/aromatic N) is 3. The first kappa shape index (κ1) is 28.2. The average Bonchev–Trinajstić information content (AvgIpc) is 3.37. The van der Waals surface area contributed by atoms with Gasteiger partial charge in [-0.1, -0.05) is 60.4 Å². The molecule has 0 spiro atoms. The lowest BCUT2D eigenvalue weighted by molar-refractivity contribution is -0.115. The highest BCUT2D eigenvalue weighted by Crippen LogP contribution is 2.28. The molecule has 1 aliphatic heterocycles. The maximum absolute atomic E-state index is 12.9. The summed E-state index contributed by atoms with van der Waals surface area (Å²) in [7, 11) is 1.91. The van der Waals surface area contributed by atoms with E-state index < -0.39 is 0 Å². The van der Waals surface area contributed by atoms with Gasteiger partial charge in [0.1, 0.15) is 18.1 Å². The zero-order chi connectivity index (χ0) is 30.5. The van der Waals surface area contributed by atoms with Gasteiger partial charge in [0.2, 0.25) is 11.9 Å². The van der Waals surface area contributed by atoms with E-state index in [0.717, 1.165) is 34.5 Å². The Morgan fingerprint density at radius 2 is 1.84 bits per heavy atom. The standard InChI is InChI=1S/C35H30N6O3/c1-41-30-15-16-37-34(43)29(30)20-31(41)33-26(21-38-35(36)40-33)14-13-23-9-5-10-25(17-23)18-32(42)39-27-11-6-12-28(19-27)44-22-24-7-3-2-4-8-24/h2-12,17,19-21H,15-16,18,22H2,1H3,(H,37,43)(H,39,42)(H2,36,38,40). The van der Waals surface area contributed by atoms with Crippen molar-refractivity contribution in [1.82, 2.24) is 19.9 Å². The number of benzene rings is 3. The topological polar surface area (TPSA) is 124 Å². The molecule has 0 aliphatic carbocycles. The molecule has 3 heterocycles. The number of nitrogens with one attached hydrogen (secondary N) is 2. The summed E-state index contributed by atoms with van der Waals surface area (Å²) in [6.07, 6.45) is 2.50. The second-order valence-corrected chi connectivity index (χ2v) is 10.4. The first-order valence-electron chi connectivity index (χ1n) is 14.2. The molecule has 6 rings (SSSR count). The van der Waals surface area contributed by atoms with Crippen molar-refractivity contribution in [3.05, 3.63) is 125 Å². The van der Waals surface area contributed by atoms with Crippen LogP contribution in [-0.2, 0) is 31.3 Å². The summed E-state index contributed by atoms with van der Waals surface area (Å²) < 4.78 is 7.85. The van der Waals surface area contributed by atoms with Crippen molar-refractivity contribution in [2.75, 3.05) is 17.6 Å². The van der Waals surface area contributed by atoms with Gasteiger partial charge in [-0.3, -0.25) is 9.59 Å². The van der Waals surface area contributed by atoms with Gasteiger partial charge < -0.3 is 25.7 Å². The molecule has 1 aliphatic rings. The third-order valence-electron chi connectivity index (χ3n) is 7.30. The number of hydrogen-bond donors (Lipinski definition) is 3. The highest BCUT2D eigenvalue weighted by atomic mass is 16.5. The Kier molecular flexibility index (Phi) is 8.06. The Hall–Kier alpha value is -5.88. The van der Waals surface area contributed by atoms with E-state index in [4.69, 9.17) is 10.5 Å². The molecular formula is C35H30N6O3. The van der Waals surface area contributed by atoms with E-state index in [1.807, 2.05) is 96.5 Å². The van der Waals surface area contributed by atoms with E-state index in [-0.39, 0.29) is 24.2 Å². The molecular weight excluding hydrogens is 552 g/mol. The van der Waals surface area contributed by atoms with E-state index in [2.05, 4.69) is 32.4 Å². The third-order valence-corrected chi connectivity index (χ3v) is 7.30. The van der Waals surface area contributed by atoms with Crippen LogP contribution < -0.4 is 21.1 Å². The van der Waals surface area contributed by atoms with Gasteiger partial charge in [-0.25, -0.2) is 9.97 Å². The Morgan fingerprint density at radius 1 is 1.02 bits per heavy atom. The van der Waals surface area contributed by atoms with Gasteiger partial charge in [0.05, 0.1) is 23.2 Å². The maximum atomic E-state index is 12.9. The number of anilines is 2. The molecule has 9 nitrogen and oxygen atoms in total. The molecule has 0 fully saturated rings. The Balaban J connectivity index is 1.15. The monoisotopic (exact) mass is 582 g/mol. The predicted octanol–water partition coefficient (Wildman–Crippen LogP) is 4.51. The van der Waals surface area contributed by atoms with E-state index in [0.29, 0.717) is 41.4 Å². The van der Waals surface area contributed by atoms with Gasteiger partial charge >= 0.3 is 0 Å². The van der Waals surface area contributed by atoms with Crippen LogP contribution in [0, 0.1) is 11.8 Å². The van der Waals surface area contributed by atoms with E-state index in [1.165, 1.54) is 0 Å². The average molecular weight is 583 g/mol. The fourth-order valence-corrected chi connectivity index (χ4v) is 5.13. The minimum Gasteiger partial charge on any atom is -0.489 e. The first-order chi connectivity index (χ1) is 21.4. The van der Waals surface area contributed by atoms with Crippen molar-refractivity contribution in [2.45, 2.75) is 19.4 Å². The SMILES string of the molecule is Cn1c(-c2nc(N)ncc2C#Cc2cccc(CC(=O)Nc3cccc(OCc4ccccc4)c3)c2)cc2c1CCNC2=O. The van der Waals surface area contributed by atoms with Crippen LogP contribution in [0.15, 0.2) is 91.1 Å². The van der Waals surface area contributed by atoms with Crippen LogP contribution in [0.4, 0.5) is 11.6 Å². The number of ether oxygens (including phenoxy) is 1. The normalized spacial score (nSPS) is 12.0. The summed E-state index contributed by atoms with van der Waals surface area (Å²) in [5.74, 6) is 6.88. The molecule has 0 bridgehead atoms. The number of carbonyl (C=O) groups excluding carboxylic acids is 2. The molecule has 2 aromatic heterocycles.